The Labute approximate surface area is 160 Å². The van der Waals surface area contributed by atoms with Gasteiger partial charge in [0.1, 0.15) is 6.61 Å². The van der Waals surface area contributed by atoms with Crippen LogP contribution in [0.5, 0.6) is 11.5 Å². The molecule has 4 nitrogen and oxygen atoms in total. The highest BCUT2D eigenvalue weighted by molar-refractivity contribution is 5.92. The van der Waals surface area contributed by atoms with Crippen molar-refractivity contribution in [2.45, 2.75) is 25.3 Å². The second kappa shape index (κ2) is 9.08. The third-order valence-corrected chi connectivity index (χ3v) is 4.66. The molecule has 27 heavy (non-hydrogen) atoms. The average Bonchev–Trinajstić information content (AvgIpc) is 2.71. The van der Waals surface area contributed by atoms with Crippen molar-refractivity contribution in [2.24, 2.45) is 0 Å². The van der Waals surface area contributed by atoms with Gasteiger partial charge >= 0.3 is 0 Å². The minimum atomic E-state index is -0.0948. The summed E-state index contributed by atoms with van der Waals surface area (Å²) in [6.45, 7) is 4.05. The molecule has 1 amide bonds. The maximum Gasteiger partial charge on any atom is 0.244 e. The summed E-state index contributed by atoms with van der Waals surface area (Å²) in [5, 5.41) is 3.12. The fraction of sp³-hybridized carbons (Fsp3) is 0.261. The lowest BCUT2D eigenvalue weighted by atomic mass is 9.88. The fourth-order valence-electron chi connectivity index (χ4n) is 3.35. The minimum Gasteiger partial charge on any atom is -0.493 e. The van der Waals surface area contributed by atoms with Crippen LogP contribution in [-0.4, -0.2) is 19.6 Å². The summed E-state index contributed by atoms with van der Waals surface area (Å²) in [6, 6.07) is 14.0. The van der Waals surface area contributed by atoms with Crippen molar-refractivity contribution in [1.82, 2.24) is 5.32 Å². The van der Waals surface area contributed by atoms with Crippen LogP contribution >= 0.6 is 0 Å². The number of aryl methyl sites for hydroxylation is 1. The van der Waals surface area contributed by atoms with Gasteiger partial charge < -0.3 is 14.8 Å². The van der Waals surface area contributed by atoms with Gasteiger partial charge in [-0.3, -0.25) is 4.79 Å². The van der Waals surface area contributed by atoms with Gasteiger partial charge in [-0.1, -0.05) is 43.0 Å². The summed E-state index contributed by atoms with van der Waals surface area (Å²) in [5.41, 5.74) is 3.44. The normalized spacial score (nSPS) is 15.8. The Morgan fingerprint density at radius 3 is 2.93 bits per heavy atom. The lowest BCUT2D eigenvalue weighted by molar-refractivity contribution is -0.117. The van der Waals surface area contributed by atoms with Crippen LogP contribution in [0.3, 0.4) is 0 Å². The number of hydrogen-bond acceptors (Lipinski definition) is 3. The van der Waals surface area contributed by atoms with Crippen molar-refractivity contribution in [3.63, 3.8) is 0 Å². The van der Waals surface area contributed by atoms with E-state index in [1.165, 1.54) is 11.1 Å². The Hall–Kier alpha value is -3.01. The summed E-state index contributed by atoms with van der Waals surface area (Å²) in [4.78, 5) is 12.4. The molecule has 1 atom stereocenters. The van der Waals surface area contributed by atoms with E-state index in [1.807, 2.05) is 24.3 Å². The number of hydrogen-bond donors (Lipinski definition) is 1. The molecule has 0 bridgehead atoms. The number of rotatable bonds is 7. The second-order valence-corrected chi connectivity index (χ2v) is 6.50. The first-order valence-electron chi connectivity index (χ1n) is 9.19. The van der Waals surface area contributed by atoms with Crippen molar-refractivity contribution in [2.75, 3.05) is 13.7 Å². The average molecular weight is 363 g/mol. The van der Waals surface area contributed by atoms with Gasteiger partial charge in [-0.15, -0.1) is 0 Å². The molecular weight excluding hydrogens is 338 g/mol. The van der Waals surface area contributed by atoms with E-state index in [0.29, 0.717) is 18.1 Å². The Morgan fingerprint density at radius 1 is 1.26 bits per heavy atom. The minimum absolute atomic E-state index is 0.0799. The number of ether oxygens (including phenoxy) is 2. The first-order chi connectivity index (χ1) is 13.2. The largest absolute Gasteiger partial charge is 0.493 e. The van der Waals surface area contributed by atoms with Crippen LogP contribution in [0.4, 0.5) is 0 Å². The molecule has 1 aliphatic carbocycles. The highest BCUT2D eigenvalue weighted by Gasteiger charge is 2.20. The van der Waals surface area contributed by atoms with E-state index in [4.69, 9.17) is 9.47 Å². The van der Waals surface area contributed by atoms with Crippen LogP contribution in [0.2, 0.25) is 0 Å². The molecular formula is C23H25NO3. The molecule has 0 saturated heterocycles. The molecule has 0 heterocycles. The maximum atomic E-state index is 12.4. The van der Waals surface area contributed by atoms with Crippen LogP contribution in [0.25, 0.3) is 6.08 Å². The maximum absolute atomic E-state index is 12.4. The summed E-state index contributed by atoms with van der Waals surface area (Å²) in [6.07, 6.45) is 8.17. The van der Waals surface area contributed by atoms with E-state index in [2.05, 4.69) is 30.1 Å². The zero-order chi connectivity index (χ0) is 19.1. The first-order valence-corrected chi connectivity index (χ1v) is 9.19. The van der Waals surface area contributed by atoms with E-state index in [9.17, 15) is 4.79 Å². The van der Waals surface area contributed by atoms with Gasteiger partial charge in [-0.2, -0.15) is 0 Å². The Bertz CT molecular complexity index is 841. The summed E-state index contributed by atoms with van der Waals surface area (Å²) < 4.78 is 10.9. The van der Waals surface area contributed by atoms with Gasteiger partial charge in [0.2, 0.25) is 5.91 Å². The predicted octanol–water partition coefficient (Wildman–Crippen LogP) is 4.47. The van der Waals surface area contributed by atoms with Gasteiger partial charge in [0.05, 0.1) is 13.2 Å². The molecule has 4 heteroatoms. The number of carbonyl (C=O) groups excluding carboxylic acids is 1. The smallest absolute Gasteiger partial charge is 0.244 e. The third kappa shape index (κ3) is 4.79. The molecule has 1 aliphatic rings. The summed E-state index contributed by atoms with van der Waals surface area (Å²) in [5.74, 6) is 1.18. The van der Waals surface area contributed by atoms with Crippen LogP contribution in [0, 0.1) is 0 Å². The number of fused-ring (bicyclic) bond motifs is 1. The third-order valence-electron chi connectivity index (χ3n) is 4.66. The molecule has 0 saturated carbocycles. The molecule has 0 fully saturated rings. The Kier molecular flexibility index (Phi) is 6.31. The van der Waals surface area contributed by atoms with Crippen LogP contribution in [0.1, 0.15) is 35.6 Å². The quantitative estimate of drug-likeness (QED) is 0.583. The standard InChI is InChI=1S/C23H25NO3/c1-3-15-27-21-13-11-17(16-22(21)26-2)12-14-23(25)24-20-10-6-8-18-7-4-5-9-19(18)20/h3-5,7,9,11-14,16,20H,1,6,8,10,15H2,2H3,(H,24,25)/b14-12+. The predicted molar refractivity (Wildman–Crippen MR) is 108 cm³/mol. The van der Waals surface area contributed by atoms with E-state index in [0.717, 1.165) is 24.8 Å². The molecule has 0 spiro atoms. The van der Waals surface area contributed by atoms with Gasteiger partial charge in [0.15, 0.2) is 11.5 Å². The Balaban J connectivity index is 1.66. The zero-order valence-electron chi connectivity index (χ0n) is 15.6. The molecule has 140 valence electrons. The van der Waals surface area contributed by atoms with Gasteiger partial charge in [0, 0.05) is 6.08 Å². The second-order valence-electron chi connectivity index (χ2n) is 6.50. The molecule has 1 unspecified atom stereocenters. The highest BCUT2D eigenvalue weighted by atomic mass is 16.5. The van der Waals surface area contributed by atoms with Crippen molar-refractivity contribution < 1.29 is 14.3 Å². The topological polar surface area (TPSA) is 47.6 Å². The van der Waals surface area contributed by atoms with Crippen LogP contribution < -0.4 is 14.8 Å². The van der Waals surface area contributed by atoms with Gasteiger partial charge in [-0.25, -0.2) is 0 Å². The zero-order valence-corrected chi connectivity index (χ0v) is 15.6. The molecule has 2 aromatic rings. The monoisotopic (exact) mass is 363 g/mol. The van der Waals surface area contributed by atoms with Crippen molar-refractivity contribution in [3.8, 4) is 11.5 Å². The number of benzene rings is 2. The van der Waals surface area contributed by atoms with E-state index < -0.39 is 0 Å². The van der Waals surface area contributed by atoms with Crippen molar-refractivity contribution in [1.29, 1.82) is 0 Å². The number of nitrogens with one attached hydrogen (secondary N) is 1. The van der Waals surface area contributed by atoms with E-state index in [1.54, 1.807) is 25.3 Å². The van der Waals surface area contributed by atoms with Crippen LogP contribution in [-0.2, 0) is 11.2 Å². The molecule has 3 rings (SSSR count). The number of carbonyl (C=O) groups is 1. The molecule has 1 N–H and O–H groups in total. The molecule has 2 aromatic carbocycles. The van der Waals surface area contributed by atoms with Crippen LogP contribution in [0.15, 0.2) is 61.2 Å². The summed E-state index contributed by atoms with van der Waals surface area (Å²) >= 11 is 0. The SMILES string of the molecule is C=CCOc1ccc(/C=C/C(=O)NC2CCCc3ccccc32)cc1OC. The lowest BCUT2D eigenvalue weighted by Crippen LogP contribution is -2.29. The molecule has 0 aromatic heterocycles. The molecule has 0 aliphatic heterocycles. The van der Waals surface area contributed by atoms with Crippen molar-refractivity contribution >= 4 is 12.0 Å². The Morgan fingerprint density at radius 2 is 2.11 bits per heavy atom. The summed E-state index contributed by atoms with van der Waals surface area (Å²) in [7, 11) is 1.59. The molecule has 0 radical (unpaired) electrons. The van der Waals surface area contributed by atoms with Crippen molar-refractivity contribution in [3.05, 3.63) is 77.9 Å². The number of methoxy groups -OCH3 is 1. The van der Waals surface area contributed by atoms with E-state index in [-0.39, 0.29) is 11.9 Å². The first kappa shape index (κ1) is 18.8. The van der Waals surface area contributed by atoms with Gasteiger partial charge in [-0.05, 0) is 54.2 Å². The number of amides is 1. The highest BCUT2D eigenvalue weighted by Crippen LogP contribution is 2.30. The fourth-order valence-corrected chi connectivity index (χ4v) is 3.35. The lowest BCUT2D eigenvalue weighted by Gasteiger charge is -2.25. The van der Waals surface area contributed by atoms with E-state index >= 15 is 0 Å². The van der Waals surface area contributed by atoms with Gasteiger partial charge in [0.25, 0.3) is 0 Å².